The van der Waals surface area contributed by atoms with Crippen molar-refractivity contribution in [1.29, 1.82) is 0 Å². The van der Waals surface area contributed by atoms with Gasteiger partial charge in [0.05, 0.1) is 0 Å². The van der Waals surface area contributed by atoms with Crippen LogP contribution in [-0.4, -0.2) is 62.0 Å². The number of hydrogen-bond donors (Lipinski definition) is 4. The van der Waals surface area contributed by atoms with Crippen molar-refractivity contribution in [2.45, 2.75) is 0 Å². The number of carbonyl (C=O) groups is 2. The third kappa shape index (κ3) is 6.08. The van der Waals surface area contributed by atoms with Gasteiger partial charge >= 0.3 is 11.9 Å². The van der Waals surface area contributed by atoms with E-state index in [1.54, 1.807) is 0 Å². The molecule has 7 aromatic rings. The van der Waals surface area contributed by atoms with E-state index in [4.69, 9.17) is 40.1 Å². The second-order valence-corrected chi connectivity index (χ2v) is 10.8. The van der Waals surface area contributed by atoms with E-state index in [1.807, 2.05) is 97.1 Å². The van der Waals surface area contributed by atoms with Gasteiger partial charge in [-0.15, -0.1) is 12.4 Å². The molecule has 4 aromatic carbocycles. The van der Waals surface area contributed by atoms with Crippen LogP contribution in [0.1, 0.15) is 0 Å². The molecule has 2 aliphatic rings. The summed E-state index contributed by atoms with van der Waals surface area (Å²) in [7, 11) is 0. The van der Waals surface area contributed by atoms with E-state index in [0.717, 1.165) is 43.8 Å². The van der Waals surface area contributed by atoms with Crippen LogP contribution in [-0.2, 0) is 26.7 Å². The fourth-order valence-corrected chi connectivity index (χ4v) is 5.73. The Balaban J connectivity index is 0.000000390. The number of carboxylic acid groups (broad SMARTS) is 2. The van der Waals surface area contributed by atoms with E-state index in [0.29, 0.717) is 58.0 Å². The molecule has 9 rings (SSSR count). The zero-order valence-electron chi connectivity index (χ0n) is 25.5. The largest absolute Gasteiger partial charge is 0.478 e. The van der Waals surface area contributed by atoms with Gasteiger partial charge < -0.3 is 20.2 Å². The Labute approximate surface area is 299 Å². The zero-order valence-corrected chi connectivity index (χ0v) is 27.5. The number of nitrogens with zero attached hydrogens (tertiary/aromatic N) is 6. The summed E-state index contributed by atoms with van der Waals surface area (Å²) >= 11 is 0. The van der Waals surface area contributed by atoms with Gasteiger partial charge in [-0.1, -0.05) is 97.1 Å². The quantitative estimate of drug-likeness (QED) is 0.107. The molecule has 8 bridgehead atoms. The molecule has 5 heterocycles. The summed E-state index contributed by atoms with van der Waals surface area (Å²) < 4.78 is 0. The topological polar surface area (TPSA) is 184 Å². The van der Waals surface area contributed by atoms with Crippen LogP contribution in [0.4, 0.5) is 0 Å². The molecule has 246 valence electrons. The van der Waals surface area contributed by atoms with Gasteiger partial charge in [-0.2, -0.15) is 0 Å². The third-order valence-electron chi connectivity index (χ3n) is 7.83. The number of benzene rings is 4. The number of H-pyrrole nitrogens is 2. The van der Waals surface area contributed by atoms with Crippen molar-refractivity contribution < 1.29 is 36.9 Å². The summed E-state index contributed by atoms with van der Waals surface area (Å²) in [5.74, 6) is -0.125. The maximum absolute atomic E-state index is 9.55. The molecule has 50 heavy (non-hydrogen) atoms. The van der Waals surface area contributed by atoms with Crippen LogP contribution in [0.3, 0.4) is 0 Å². The first-order chi connectivity index (χ1) is 23.4. The molecule has 0 radical (unpaired) electrons. The predicted molar refractivity (Wildman–Crippen MR) is 188 cm³/mol. The number of carboxylic acids is 2. The Bertz CT molecular complexity index is 2340. The number of rotatable bonds is 2. The Kier molecular flexibility index (Phi) is 9.20. The van der Waals surface area contributed by atoms with Crippen LogP contribution in [0.2, 0.25) is 0 Å². The first kappa shape index (κ1) is 33.6. The van der Waals surface area contributed by atoms with Gasteiger partial charge in [-0.25, -0.2) is 39.5 Å². The fraction of sp³-hybridized carbons (Fsp3) is 0. The summed E-state index contributed by atoms with van der Waals surface area (Å²) in [5.41, 5.74) is 6.45. The molecule has 4 N–H and O–H groups in total. The van der Waals surface area contributed by atoms with Gasteiger partial charge in [0.25, 0.3) is 0 Å². The van der Waals surface area contributed by atoms with Crippen LogP contribution in [0.15, 0.2) is 109 Å². The average Bonchev–Trinajstić information content (AvgIpc) is 3.83. The second-order valence-electron chi connectivity index (χ2n) is 10.8. The molecular formula is C36H23ClFeN8O4. The molecule has 2 aliphatic heterocycles. The SMILES string of the molecule is Cl.O=C(O)/C=C/C(=O)O.[Fe].c1ccc2c(c1)-c1nc-2nc2[nH]c(nc3nc(nc4[nH]c(n1)c1ccccc41)-c1ccccc1-3)c1ccccc21. The van der Waals surface area contributed by atoms with Crippen molar-refractivity contribution in [2.75, 3.05) is 0 Å². The molecule has 0 atom stereocenters. The fourth-order valence-electron chi connectivity index (χ4n) is 5.73. The molecule has 0 unspecified atom stereocenters. The number of aromatic amines is 2. The van der Waals surface area contributed by atoms with E-state index >= 15 is 0 Å². The maximum atomic E-state index is 9.55. The molecule has 0 aliphatic carbocycles. The van der Waals surface area contributed by atoms with Crippen molar-refractivity contribution in [3.63, 3.8) is 0 Å². The number of fused-ring (bicyclic) bond motifs is 20. The molecular weight excluding hydrogens is 700 g/mol. The number of halogens is 1. The number of aromatic nitrogens is 8. The minimum atomic E-state index is -1.26. The van der Waals surface area contributed by atoms with Gasteiger partial charge in [0.15, 0.2) is 23.3 Å². The third-order valence-corrected chi connectivity index (χ3v) is 7.83. The number of aliphatic carboxylic acids is 2. The molecule has 0 fully saturated rings. The second kappa shape index (κ2) is 13.7. The summed E-state index contributed by atoms with van der Waals surface area (Å²) in [4.78, 5) is 55.9. The molecule has 0 saturated carbocycles. The average molecular weight is 723 g/mol. The van der Waals surface area contributed by atoms with Gasteiger partial charge in [-0.3, -0.25) is 0 Å². The molecule has 0 spiro atoms. The van der Waals surface area contributed by atoms with Gasteiger partial charge in [0.1, 0.15) is 22.6 Å². The normalized spacial score (nSPS) is 11.1. The van der Waals surface area contributed by atoms with Gasteiger partial charge in [0, 0.05) is 73.0 Å². The Hall–Kier alpha value is -6.27. The zero-order chi connectivity index (χ0) is 32.8. The van der Waals surface area contributed by atoms with Crippen LogP contribution in [0.5, 0.6) is 0 Å². The van der Waals surface area contributed by atoms with Crippen LogP contribution in [0.25, 0.3) is 89.7 Å². The van der Waals surface area contributed by atoms with E-state index in [9.17, 15) is 9.59 Å². The van der Waals surface area contributed by atoms with Crippen LogP contribution in [0, 0.1) is 0 Å². The van der Waals surface area contributed by atoms with E-state index in [1.165, 1.54) is 0 Å². The Morgan fingerprint density at radius 2 is 0.680 bits per heavy atom. The minimum absolute atomic E-state index is 0. The van der Waals surface area contributed by atoms with Gasteiger partial charge in [-0.05, 0) is 0 Å². The van der Waals surface area contributed by atoms with Crippen LogP contribution < -0.4 is 0 Å². The monoisotopic (exact) mass is 722 g/mol. The Morgan fingerprint density at radius 1 is 0.440 bits per heavy atom. The van der Waals surface area contributed by atoms with Gasteiger partial charge in [0.2, 0.25) is 0 Å². The Morgan fingerprint density at radius 3 is 0.920 bits per heavy atom. The molecule has 14 heteroatoms. The van der Waals surface area contributed by atoms with Crippen LogP contribution >= 0.6 is 12.4 Å². The predicted octanol–water partition coefficient (Wildman–Crippen LogP) is 7.00. The smallest absolute Gasteiger partial charge is 0.328 e. The summed E-state index contributed by atoms with van der Waals surface area (Å²) in [6.45, 7) is 0. The molecule has 0 amide bonds. The van der Waals surface area contributed by atoms with Crippen molar-refractivity contribution >= 4 is 68.5 Å². The minimum Gasteiger partial charge on any atom is -0.478 e. The van der Waals surface area contributed by atoms with Crippen molar-refractivity contribution in [2.24, 2.45) is 0 Å². The summed E-state index contributed by atoms with van der Waals surface area (Å²) in [6.07, 6.45) is 1.12. The summed E-state index contributed by atoms with van der Waals surface area (Å²) in [5, 5.41) is 19.4. The van der Waals surface area contributed by atoms with E-state index in [2.05, 4.69) is 9.97 Å². The molecule has 3 aromatic heterocycles. The van der Waals surface area contributed by atoms with Crippen molar-refractivity contribution in [3.05, 3.63) is 109 Å². The van der Waals surface area contributed by atoms with Crippen molar-refractivity contribution in [1.82, 2.24) is 39.9 Å². The first-order valence-corrected chi connectivity index (χ1v) is 14.8. The number of hydrogen-bond acceptors (Lipinski definition) is 8. The molecule has 0 saturated heterocycles. The van der Waals surface area contributed by atoms with Crippen molar-refractivity contribution in [3.8, 4) is 45.6 Å². The van der Waals surface area contributed by atoms with E-state index < -0.39 is 11.9 Å². The maximum Gasteiger partial charge on any atom is 0.328 e. The number of nitrogens with one attached hydrogen (secondary N) is 2. The standard InChI is InChI=1S/C32H18N8.C4H4O4.ClH.Fe/c1-2-10-18-17(9-1)25-33-26(18)38-28-21-13-5-6-14-22(21)30(35-28)40-32-24-16-8-7-15-23(24)31(36-32)39-29-20-12-4-3-11-19(20)27(34-29)37-25;5-3(6)1-2-4(7)8;;/h1-16H,(H2,33,34,35,36,37,38,39,40);1-2H,(H,5,6)(H,7,8);1H;/b;2-1+;;. The first-order valence-electron chi connectivity index (χ1n) is 14.8. The summed E-state index contributed by atoms with van der Waals surface area (Å²) in [6, 6.07) is 32.2. The molecule has 12 nitrogen and oxygen atoms in total. The van der Waals surface area contributed by atoms with E-state index in [-0.39, 0.29) is 29.5 Å².